The van der Waals surface area contributed by atoms with Crippen molar-refractivity contribution in [2.45, 2.75) is 64.2 Å². The topological polar surface area (TPSA) is 79.4 Å². The van der Waals surface area contributed by atoms with Crippen LogP contribution in [0.1, 0.15) is 43.7 Å². The number of hydrogen-bond donors (Lipinski definition) is 2. The van der Waals surface area contributed by atoms with Crippen LogP contribution in [-0.2, 0) is 11.3 Å². The van der Waals surface area contributed by atoms with Crippen molar-refractivity contribution in [3.05, 3.63) is 40.6 Å². The first-order chi connectivity index (χ1) is 15.7. The van der Waals surface area contributed by atoms with E-state index in [4.69, 9.17) is 11.6 Å². The van der Waals surface area contributed by atoms with Crippen LogP contribution < -0.4 is 10.3 Å². The second-order valence-corrected chi connectivity index (χ2v) is 9.97. The van der Waals surface area contributed by atoms with E-state index >= 15 is 0 Å². The lowest BCUT2D eigenvalue weighted by Gasteiger charge is -2.42. The Bertz CT molecular complexity index is 933. The first-order valence-corrected chi connectivity index (χ1v) is 12.1. The number of nitrogens with one attached hydrogen (secondary N) is 1. The molecule has 0 aliphatic carbocycles. The fourth-order valence-corrected chi connectivity index (χ4v) is 5.39. The van der Waals surface area contributed by atoms with Crippen molar-refractivity contribution in [3.63, 3.8) is 0 Å². The lowest BCUT2D eigenvalue weighted by atomic mass is 9.96. The van der Waals surface area contributed by atoms with Gasteiger partial charge in [0.1, 0.15) is 0 Å². The van der Waals surface area contributed by atoms with Crippen LogP contribution in [0.3, 0.4) is 0 Å². The highest BCUT2D eigenvalue weighted by atomic mass is 35.5. The van der Waals surface area contributed by atoms with Gasteiger partial charge in [0.25, 0.3) is 0 Å². The highest BCUT2D eigenvalue weighted by Crippen LogP contribution is 2.30. The molecule has 2 unspecified atom stereocenters. The maximum atomic E-state index is 13.0. The number of halogens is 1. The van der Waals surface area contributed by atoms with Gasteiger partial charge in [-0.05, 0) is 63.8 Å². The molecule has 1 aromatic carbocycles. The number of carbonyl (C=O) groups is 2. The molecular formula is C24H34ClN5O3. The summed E-state index contributed by atoms with van der Waals surface area (Å²) in [6.45, 7) is 7.95. The van der Waals surface area contributed by atoms with E-state index < -0.39 is 12.0 Å². The summed E-state index contributed by atoms with van der Waals surface area (Å²) in [4.78, 5) is 31.0. The van der Waals surface area contributed by atoms with Crippen LogP contribution in [0.4, 0.5) is 10.5 Å². The van der Waals surface area contributed by atoms with Crippen LogP contribution >= 0.6 is 11.6 Å². The Kier molecular flexibility index (Phi) is 7.16. The number of piperidine rings is 1. The zero-order valence-electron chi connectivity index (χ0n) is 19.6. The minimum Gasteiger partial charge on any atom is -0.480 e. The number of nitrogens with zero attached hydrogens (tertiary/aromatic N) is 4. The number of carbonyl (C=O) groups excluding carboxylic acids is 1. The fourth-order valence-electron chi connectivity index (χ4n) is 5.15. The number of aryl methyl sites for hydroxylation is 1. The van der Waals surface area contributed by atoms with E-state index in [-0.39, 0.29) is 17.1 Å². The van der Waals surface area contributed by atoms with E-state index in [1.54, 1.807) is 4.90 Å². The molecular weight excluding hydrogens is 442 g/mol. The molecule has 8 nitrogen and oxygen atoms in total. The summed E-state index contributed by atoms with van der Waals surface area (Å²) in [5.74, 6) is -1.11. The zero-order chi connectivity index (χ0) is 23.7. The number of urea groups is 1. The minimum atomic E-state index is -1.11. The normalized spacial score (nSPS) is 25.7. The van der Waals surface area contributed by atoms with Crippen molar-refractivity contribution in [2.24, 2.45) is 0 Å². The molecule has 4 rings (SSSR count). The van der Waals surface area contributed by atoms with E-state index in [1.165, 1.54) is 40.9 Å². The molecule has 33 heavy (non-hydrogen) atoms. The van der Waals surface area contributed by atoms with Crippen molar-refractivity contribution < 1.29 is 14.7 Å². The number of likely N-dealkylation sites (tertiary alicyclic amines) is 1. The van der Waals surface area contributed by atoms with Gasteiger partial charge in [-0.25, -0.2) is 15.2 Å². The lowest BCUT2D eigenvalue weighted by Crippen LogP contribution is -2.55. The van der Waals surface area contributed by atoms with Gasteiger partial charge < -0.3 is 14.9 Å². The molecule has 2 fully saturated rings. The molecule has 2 amide bonds. The number of aliphatic carboxylic acids is 1. The predicted molar refractivity (Wildman–Crippen MR) is 129 cm³/mol. The Morgan fingerprint density at radius 1 is 1.24 bits per heavy atom. The van der Waals surface area contributed by atoms with Gasteiger partial charge in [0.05, 0.1) is 5.03 Å². The Morgan fingerprint density at radius 3 is 2.61 bits per heavy atom. The molecule has 0 radical (unpaired) electrons. The minimum absolute atomic E-state index is 0.0348. The molecule has 3 aliphatic rings. The average Bonchev–Trinajstić information content (AvgIpc) is 3.44. The molecule has 0 bridgehead atoms. The highest BCUT2D eigenvalue weighted by Gasteiger charge is 2.37. The summed E-state index contributed by atoms with van der Waals surface area (Å²) in [7, 11) is 2.17. The lowest BCUT2D eigenvalue weighted by molar-refractivity contribution is -0.138. The summed E-state index contributed by atoms with van der Waals surface area (Å²) < 4.78 is 0. The number of benzene rings is 1. The number of hydrogen-bond acceptors (Lipinski definition) is 5. The fraction of sp³-hybridized carbons (Fsp3) is 0.583. The van der Waals surface area contributed by atoms with E-state index in [9.17, 15) is 14.7 Å². The van der Waals surface area contributed by atoms with Gasteiger partial charge in [0.15, 0.2) is 6.04 Å². The number of anilines is 1. The number of hydrazine groups is 1. The van der Waals surface area contributed by atoms with Crippen LogP contribution in [0.25, 0.3) is 0 Å². The van der Waals surface area contributed by atoms with E-state index in [1.807, 2.05) is 0 Å². The van der Waals surface area contributed by atoms with Crippen LogP contribution in [0, 0.1) is 6.92 Å². The molecule has 2 N–H and O–H groups in total. The molecule has 0 saturated carbocycles. The molecule has 2 saturated heterocycles. The summed E-state index contributed by atoms with van der Waals surface area (Å²) in [6.07, 6.45) is 5.61. The number of amides is 2. The van der Waals surface area contributed by atoms with Crippen molar-refractivity contribution in [1.82, 2.24) is 20.2 Å². The SMILES string of the molecule is Cc1ccc(CN(C)C2CCN(C(=O)N3C=C(Cl)C(C(=O)O)N3)[C@@H](C)C2)c(N2CCCC2)c1. The second-order valence-electron chi connectivity index (χ2n) is 9.53. The Hall–Kier alpha value is -2.29. The van der Waals surface area contributed by atoms with Gasteiger partial charge in [-0.15, -0.1) is 0 Å². The van der Waals surface area contributed by atoms with E-state index in [2.05, 4.69) is 54.3 Å². The monoisotopic (exact) mass is 475 g/mol. The molecule has 0 spiro atoms. The molecule has 1 aromatic rings. The van der Waals surface area contributed by atoms with Gasteiger partial charge >= 0.3 is 12.0 Å². The molecule has 3 aliphatic heterocycles. The summed E-state index contributed by atoms with van der Waals surface area (Å²) in [5.41, 5.74) is 6.67. The van der Waals surface area contributed by atoms with Crippen LogP contribution in [-0.4, -0.2) is 76.7 Å². The van der Waals surface area contributed by atoms with Gasteiger partial charge in [-0.2, -0.15) is 0 Å². The summed E-state index contributed by atoms with van der Waals surface area (Å²) in [5, 5.41) is 10.5. The van der Waals surface area contributed by atoms with Gasteiger partial charge in [0.2, 0.25) is 0 Å². The third-order valence-electron chi connectivity index (χ3n) is 7.07. The third kappa shape index (κ3) is 5.13. The first-order valence-electron chi connectivity index (χ1n) is 11.8. The van der Waals surface area contributed by atoms with Crippen LogP contribution in [0.5, 0.6) is 0 Å². The quantitative estimate of drug-likeness (QED) is 0.679. The second kappa shape index (κ2) is 9.91. The van der Waals surface area contributed by atoms with Gasteiger partial charge in [0, 0.05) is 50.2 Å². The van der Waals surface area contributed by atoms with Crippen molar-refractivity contribution in [3.8, 4) is 0 Å². The smallest absolute Gasteiger partial charge is 0.338 e. The summed E-state index contributed by atoms with van der Waals surface area (Å²) in [6, 6.07) is 5.83. The van der Waals surface area contributed by atoms with Crippen molar-refractivity contribution in [2.75, 3.05) is 31.6 Å². The number of carboxylic acid groups (broad SMARTS) is 1. The predicted octanol–water partition coefficient (Wildman–Crippen LogP) is 3.35. The van der Waals surface area contributed by atoms with E-state index in [0.29, 0.717) is 12.6 Å². The molecule has 3 heterocycles. The first kappa shape index (κ1) is 23.9. The van der Waals surface area contributed by atoms with Crippen LogP contribution in [0.2, 0.25) is 0 Å². The Balaban J connectivity index is 1.37. The third-order valence-corrected chi connectivity index (χ3v) is 7.39. The molecule has 0 aromatic heterocycles. The highest BCUT2D eigenvalue weighted by molar-refractivity contribution is 6.32. The Morgan fingerprint density at radius 2 is 1.97 bits per heavy atom. The Labute approximate surface area is 200 Å². The number of carboxylic acids is 1. The zero-order valence-corrected chi connectivity index (χ0v) is 20.4. The van der Waals surface area contributed by atoms with Crippen molar-refractivity contribution in [1.29, 1.82) is 0 Å². The average molecular weight is 476 g/mol. The largest absolute Gasteiger partial charge is 0.480 e. The maximum absolute atomic E-state index is 13.0. The molecule has 9 heteroatoms. The molecule has 180 valence electrons. The van der Waals surface area contributed by atoms with Gasteiger partial charge in [-0.1, -0.05) is 23.7 Å². The van der Waals surface area contributed by atoms with Crippen LogP contribution in [0.15, 0.2) is 29.4 Å². The van der Waals surface area contributed by atoms with Crippen molar-refractivity contribution >= 4 is 29.3 Å². The maximum Gasteiger partial charge on any atom is 0.338 e. The molecule has 3 atom stereocenters. The van der Waals surface area contributed by atoms with E-state index in [0.717, 1.165) is 32.5 Å². The summed E-state index contributed by atoms with van der Waals surface area (Å²) >= 11 is 5.99. The standard InChI is InChI=1S/C24H34ClN5O3/c1-16-6-7-18(21(12-16)28-9-4-5-10-28)14-27(3)19-8-11-29(17(2)13-19)24(33)30-15-20(25)22(26-30)23(31)32/h6-7,12,15,17,19,22,26H,4-5,8-11,13-14H2,1-3H3,(H,31,32)/t17-,19?,22?/m0/s1. The van der Waals surface area contributed by atoms with Gasteiger partial charge in [-0.3, -0.25) is 9.69 Å². The number of rotatable bonds is 5.